The largest absolute Gasteiger partial charge is 0.454 e. The summed E-state index contributed by atoms with van der Waals surface area (Å²) in [5, 5.41) is 8.63. The van der Waals surface area contributed by atoms with Gasteiger partial charge in [0.25, 0.3) is 5.56 Å². The molecule has 0 saturated heterocycles. The summed E-state index contributed by atoms with van der Waals surface area (Å²) in [6.45, 7) is 8.58. The molecule has 35 heavy (non-hydrogen) atoms. The smallest absolute Gasteiger partial charge is 0.255 e. The molecule has 0 radical (unpaired) electrons. The number of carbonyl (C=O) groups excluding carboxylic acids is 1. The SMILES string of the molecule is CCn1c(=O)c(CCC(=O)Nc2ccc3c(c2)OCO3)c(C)c2c(C)nn(-c3cccc(C)c3)c21. The number of nitrogens with zero attached hydrogens (tertiary/aromatic N) is 3. The first-order chi connectivity index (χ1) is 16.9. The number of carbonyl (C=O) groups is 1. The van der Waals surface area contributed by atoms with Crippen molar-refractivity contribution < 1.29 is 14.3 Å². The monoisotopic (exact) mass is 472 g/mol. The van der Waals surface area contributed by atoms with Gasteiger partial charge in [-0.05, 0) is 69.5 Å². The minimum atomic E-state index is -0.169. The van der Waals surface area contributed by atoms with Crippen LogP contribution in [0.15, 0.2) is 47.3 Å². The Hall–Kier alpha value is -4.07. The fourth-order valence-corrected chi connectivity index (χ4v) is 4.74. The highest BCUT2D eigenvalue weighted by atomic mass is 16.7. The maximum atomic E-state index is 13.6. The number of hydrogen-bond acceptors (Lipinski definition) is 5. The van der Waals surface area contributed by atoms with Crippen molar-refractivity contribution in [1.29, 1.82) is 0 Å². The Bertz CT molecular complexity index is 1520. The van der Waals surface area contributed by atoms with E-state index in [1.165, 1.54) is 0 Å². The fourth-order valence-electron chi connectivity index (χ4n) is 4.74. The predicted molar refractivity (Wildman–Crippen MR) is 135 cm³/mol. The molecule has 2 aromatic carbocycles. The third-order valence-corrected chi connectivity index (χ3v) is 6.44. The molecule has 180 valence electrons. The number of hydrogen-bond donors (Lipinski definition) is 1. The maximum absolute atomic E-state index is 13.6. The molecule has 0 unspecified atom stereocenters. The highest BCUT2D eigenvalue weighted by Gasteiger charge is 2.21. The van der Waals surface area contributed by atoms with Crippen molar-refractivity contribution in [2.45, 2.75) is 47.1 Å². The number of benzene rings is 2. The van der Waals surface area contributed by atoms with Gasteiger partial charge in [-0.25, -0.2) is 4.68 Å². The second-order valence-electron chi connectivity index (χ2n) is 8.80. The normalized spacial score (nSPS) is 12.3. The minimum Gasteiger partial charge on any atom is -0.454 e. The Morgan fingerprint density at radius 3 is 2.66 bits per heavy atom. The molecule has 4 aromatic rings. The summed E-state index contributed by atoms with van der Waals surface area (Å²) in [5.41, 5.74) is 5.75. The van der Waals surface area contributed by atoms with Crippen LogP contribution in [0, 0.1) is 20.8 Å². The van der Waals surface area contributed by atoms with E-state index in [4.69, 9.17) is 14.6 Å². The average molecular weight is 473 g/mol. The summed E-state index contributed by atoms with van der Waals surface area (Å²) in [7, 11) is 0. The van der Waals surface area contributed by atoms with Crippen LogP contribution in [-0.4, -0.2) is 27.0 Å². The summed E-state index contributed by atoms with van der Waals surface area (Å²) in [6.07, 6.45) is 0.525. The molecular weight excluding hydrogens is 444 g/mol. The quantitative estimate of drug-likeness (QED) is 0.449. The predicted octanol–water partition coefficient (Wildman–Crippen LogP) is 4.43. The van der Waals surface area contributed by atoms with Gasteiger partial charge in [-0.1, -0.05) is 12.1 Å². The zero-order chi connectivity index (χ0) is 24.7. The lowest BCUT2D eigenvalue weighted by Gasteiger charge is -2.15. The summed E-state index contributed by atoms with van der Waals surface area (Å²) in [6, 6.07) is 13.4. The topological polar surface area (TPSA) is 87.4 Å². The van der Waals surface area contributed by atoms with E-state index in [0.717, 1.165) is 33.5 Å². The molecule has 0 saturated carbocycles. The van der Waals surface area contributed by atoms with Gasteiger partial charge in [-0.15, -0.1) is 0 Å². The number of pyridine rings is 1. The van der Waals surface area contributed by atoms with E-state index in [2.05, 4.69) is 11.4 Å². The van der Waals surface area contributed by atoms with Crippen molar-refractivity contribution >= 4 is 22.6 Å². The maximum Gasteiger partial charge on any atom is 0.255 e. The lowest BCUT2D eigenvalue weighted by atomic mass is 10.0. The molecule has 1 amide bonds. The van der Waals surface area contributed by atoms with Gasteiger partial charge in [0.1, 0.15) is 5.65 Å². The molecule has 0 aliphatic carbocycles. The van der Waals surface area contributed by atoms with Crippen LogP contribution in [0.3, 0.4) is 0 Å². The Labute approximate surface area is 203 Å². The van der Waals surface area contributed by atoms with Crippen molar-refractivity contribution in [1.82, 2.24) is 14.3 Å². The third-order valence-electron chi connectivity index (χ3n) is 6.44. The Morgan fingerprint density at radius 2 is 1.89 bits per heavy atom. The van der Waals surface area contributed by atoms with Crippen molar-refractivity contribution in [2.24, 2.45) is 0 Å². The molecule has 0 spiro atoms. The van der Waals surface area contributed by atoms with Gasteiger partial charge in [0.2, 0.25) is 12.7 Å². The second-order valence-corrected chi connectivity index (χ2v) is 8.80. The van der Waals surface area contributed by atoms with Crippen molar-refractivity contribution in [3.63, 3.8) is 0 Å². The molecule has 0 fully saturated rings. The number of fused-ring (bicyclic) bond motifs is 2. The Kier molecular flexibility index (Phi) is 5.80. The Balaban J connectivity index is 1.46. The van der Waals surface area contributed by atoms with Crippen molar-refractivity contribution in [3.8, 4) is 17.2 Å². The molecule has 1 aliphatic rings. The molecule has 0 bridgehead atoms. The van der Waals surface area contributed by atoms with Crippen LogP contribution in [-0.2, 0) is 17.8 Å². The summed E-state index contributed by atoms with van der Waals surface area (Å²) in [4.78, 5) is 26.3. The zero-order valence-corrected chi connectivity index (χ0v) is 20.3. The van der Waals surface area contributed by atoms with Gasteiger partial charge >= 0.3 is 0 Å². The van der Waals surface area contributed by atoms with Gasteiger partial charge in [0.15, 0.2) is 11.5 Å². The Morgan fingerprint density at radius 1 is 1.09 bits per heavy atom. The van der Waals surface area contributed by atoms with Crippen LogP contribution in [0.4, 0.5) is 5.69 Å². The van der Waals surface area contributed by atoms with E-state index >= 15 is 0 Å². The van der Waals surface area contributed by atoms with Crippen LogP contribution in [0.1, 0.15) is 35.7 Å². The lowest BCUT2D eigenvalue weighted by molar-refractivity contribution is -0.116. The highest BCUT2D eigenvalue weighted by molar-refractivity contribution is 5.91. The van der Waals surface area contributed by atoms with Gasteiger partial charge in [-0.2, -0.15) is 5.10 Å². The number of rotatable bonds is 6. The molecule has 8 nitrogen and oxygen atoms in total. The molecular formula is C27H28N4O4. The first-order valence-corrected chi connectivity index (χ1v) is 11.8. The van der Waals surface area contributed by atoms with E-state index in [0.29, 0.717) is 35.7 Å². The average Bonchev–Trinajstić information content (AvgIpc) is 3.43. The van der Waals surface area contributed by atoms with Crippen molar-refractivity contribution in [2.75, 3.05) is 12.1 Å². The molecule has 2 aromatic heterocycles. The molecule has 1 N–H and O–H groups in total. The number of ether oxygens (including phenoxy) is 2. The van der Waals surface area contributed by atoms with E-state index < -0.39 is 0 Å². The van der Waals surface area contributed by atoms with Gasteiger partial charge in [-0.3, -0.25) is 14.2 Å². The van der Waals surface area contributed by atoms with E-state index in [1.54, 1.807) is 22.8 Å². The lowest BCUT2D eigenvalue weighted by Crippen LogP contribution is -2.27. The molecule has 8 heteroatoms. The summed E-state index contributed by atoms with van der Waals surface area (Å²) < 4.78 is 14.3. The molecule has 0 atom stereocenters. The summed E-state index contributed by atoms with van der Waals surface area (Å²) in [5.74, 6) is 1.10. The standard InChI is InChI=1S/C27H28N4O4/c1-5-30-26-25(18(4)29-31(26)20-8-6-7-16(2)13-20)17(3)21(27(30)33)10-12-24(32)28-19-9-11-22-23(14-19)35-15-34-22/h6-9,11,13-14H,5,10,12,15H2,1-4H3,(H,28,32). The fraction of sp³-hybridized carbons (Fsp3) is 0.296. The van der Waals surface area contributed by atoms with Crippen LogP contribution >= 0.6 is 0 Å². The van der Waals surface area contributed by atoms with Crippen LogP contribution in [0.25, 0.3) is 16.7 Å². The van der Waals surface area contributed by atoms with Gasteiger partial charge in [0.05, 0.1) is 11.4 Å². The van der Waals surface area contributed by atoms with E-state index in [-0.39, 0.29) is 24.7 Å². The van der Waals surface area contributed by atoms with E-state index in [1.807, 2.05) is 50.6 Å². The number of anilines is 1. The first kappa shape index (κ1) is 22.7. The molecule has 3 heterocycles. The third kappa shape index (κ3) is 4.05. The molecule has 1 aliphatic heterocycles. The minimum absolute atomic E-state index is 0.0813. The van der Waals surface area contributed by atoms with Crippen LogP contribution in [0.2, 0.25) is 0 Å². The second kappa shape index (κ2) is 8.94. The number of aryl methyl sites for hydroxylation is 4. The van der Waals surface area contributed by atoms with E-state index in [9.17, 15) is 9.59 Å². The zero-order valence-electron chi connectivity index (χ0n) is 20.3. The van der Waals surface area contributed by atoms with Gasteiger partial charge < -0.3 is 14.8 Å². The number of nitrogens with one attached hydrogen (secondary N) is 1. The first-order valence-electron chi connectivity index (χ1n) is 11.8. The van der Waals surface area contributed by atoms with Crippen LogP contribution in [0.5, 0.6) is 11.5 Å². The molecule has 5 rings (SSSR count). The van der Waals surface area contributed by atoms with Gasteiger partial charge in [0, 0.05) is 35.7 Å². The number of aromatic nitrogens is 3. The number of amides is 1. The van der Waals surface area contributed by atoms with Crippen molar-refractivity contribution in [3.05, 3.63) is 75.2 Å². The van der Waals surface area contributed by atoms with Crippen LogP contribution < -0.4 is 20.3 Å². The highest BCUT2D eigenvalue weighted by Crippen LogP contribution is 2.34. The summed E-state index contributed by atoms with van der Waals surface area (Å²) >= 11 is 0.